The van der Waals surface area contributed by atoms with Gasteiger partial charge in [0, 0.05) is 5.48 Å². The predicted molar refractivity (Wildman–Crippen MR) is 105 cm³/mol. The molecule has 0 aliphatic heterocycles. The molecule has 0 heterocycles. The van der Waals surface area contributed by atoms with Crippen LogP contribution in [0.4, 0.5) is 0 Å². The van der Waals surface area contributed by atoms with Gasteiger partial charge in [-0.2, -0.15) is 0 Å². The Morgan fingerprint density at radius 3 is 2.77 bits per heavy atom. The minimum Gasteiger partial charge on any atom is -0.493 e. The molecule has 142 valence electrons. The highest BCUT2D eigenvalue weighted by molar-refractivity contribution is 5.42. The van der Waals surface area contributed by atoms with Gasteiger partial charge in [0.2, 0.25) is 0 Å². The highest BCUT2D eigenvalue weighted by atomic mass is 16.5. The lowest BCUT2D eigenvalue weighted by Gasteiger charge is -2.13. The molecule has 4 nitrogen and oxygen atoms in total. The highest BCUT2D eigenvalue weighted by Gasteiger charge is 2.07. The molecule has 0 radical (unpaired) electrons. The normalized spacial score (nSPS) is 22.5. The summed E-state index contributed by atoms with van der Waals surface area (Å²) < 4.78 is 127. The first-order valence-corrected chi connectivity index (χ1v) is 7.75. The van der Waals surface area contributed by atoms with E-state index in [0.29, 0.717) is 11.1 Å². The molecule has 0 saturated carbocycles. The molecule has 2 rings (SSSR count). The Bertz CT molecular complexity index is 1240. The summed E-state index contributed by atoms with van der Waals surface area (Å²) in [6.45, 7) is 1.94. The van der Waals surface area contributed by atoms with Gasteiger partial charge in [0.05, 0.1) is 33.9 Å². The average Bonchev–Trinajstić information content (AvgIpc) is 2.81. The van der Waals surface area contributed by atoms with Crippen molar-refractivity contribution in [1.82, 2.24) is 0 Å². The summed E-state index contributed by atoms with van der Waals surface area (Å²) in [7, 11) is -1.97. The molecule has 0 aliphatic carbocycles. The number of rotatable bonds is 10. The second kappa shape index (κ2) is 10.1. The van der Waals surface area contributed by atoms with Gasteiger partial charge in [-0.3, -0.25) is 0 Å². The SMILES string of the molecule is [2H]c1c([2H])c(OCC([2H])(O)C([2H])([2H])CC([2H])([2H])Cc2c([2H])c([2H])c(OC([2H])([2H])[2H])c(OC)c2[2H])c([2H])c(C)c1C. The van der Waals surface area contributed by atoms with Crippen LogP contribution in [-0.4, -0.2) is 31.9 Å². The molecule has 1 unspecified atom stereocenters. The molecule has 0 saturated heterocycles. The number of methoxy groups -OCH3 is 2. The smallest absolute Gasteiger partial charge is 0.160 e. The summed E-state index contributed by atoms with van der Waals surface area (Å²) in [4.78, 5) is 0. The minimum atomic E-state index is -3.11. The Morgan fingerprint density at radius 1 is 1.15 bits per heavy atom. The van der Waals surface area contributed by atoms with Crippen molar-refractivity contribution in [3.05, 3.63) is 52.9 Å². The molecule has 2 aromatic carbocycles. The number of hydrogen-bond acceptors (Lipinski definition) is 4. The first-order chi connectivity index (χ1) is 18.0. The van der Waals surface area contributed by atoms with Crippen molar-refractivity contribution in [2.45, 2.75) is 45.5 Å². The van der Waals surface area contributed by atoms with Gasteiger partial charge >= 0.3 is 0 Å². The van der Waals surface area contributed by atoms with Gasteiger partial charge in [0.1, 0.15) is 12.4 Å². The molecule has 1 atom stereocenters. The van der Waals surface area contributed by atoms with Crippen molar-refractivity contribution in [2.75, 3.05) is 20.8 Å². The van der Waals surface area contributed by atoms with Crippen molar-refractivity contribution in [2.24, 2.45) is 0 Å². The Balaban J connectivity index is 2.36. The van der Waals surface area contributed by atoms with E-state index in [9.17, 15) is 5.11 Å². The summed E-state index contributed by atoms with van der Waals surface area (Å²) in [5, 5.41) is 10.6. The zero-order valence-electron chi connectivity index (χ0n) is 28.8. The second-order valence-corrected chi connectivity index (χ2v) is 5.29. The van der Waals surface area contributed by atoms with Crippen molar-refractivity contribution >= 4 is 0 Å². The number of hydrogen-bond donors (Lipinski definition) is 1. The van der Waals surface area contributed by atoms with Crippen LogP contribution in [0.2, 0.25) is 0 Å². The van der Waals surface area contributed by atoms with Crippen LogP contribution in [0.5, 0.6) is 17.2 Å². The third kappa shape index (κ3) is 5.95. The summed E-state index contributed by atoms with van der Waals surface area (Å²) in [6.07, 6.45) is -10.7. The quantitative estimate of drug-likeness (QED) is 0.668. The molecule has 26 heavy (non-hydrogen) atoms. The monoisotopic (exact) mass is 372 g/mol. The summed E-state index contributed by atoms with van der Waals surface area (Å²) in [6, 6.07) is -3.19. The van der Waals surface area contributed by atoms with E-state index in [0.717, 1.165) is 7.11 Å². The Kier molecular flexibility index (Phi) is 3.18. The van der Waals surface area contributed by atoms with E-state index in [1.807, 2.05) is 0 Å². The largest absolute Gasteiger partial charge is 0.493 e. The number of ether oxygens (including phenoxy) is 3. The van der Waals surface area contributed by atoms with Crippen LogP contribution in [0.25, 0.3) is 0 Å². The van der Waals surface area contributed by atoms with Crippen LogP contribution in [0.3, 0.4) is 0 Å². The van der Waals surface area contributed by atoms with Crippen LogP contribution >= 0.6 is 0 Å². The fourth-order valence-corrected chi connectivity index (χ4v) is 1.87. The molecule has 0 aromatic heterocycles. The second-order valence-electron chi connectivity index (χ2n) is 5.29. The summed E-state index contributed by atoms with van der Waals surface area (Å²) >= 11 is 0. The summed E-state index contributed by atoms with van der Waals surface area (Å²) in [5.74, 6) is -1.68. The van der Waals surface area contributed by atoms with E-state index >= 15 is 0 Å². The lowest BCUT2D eigenvalue weighted by molar-refractivity contribution is 0.0976. The Hall–Kier alpha value is -2.20. The van der Waals surface area contributed by atoms with E-state index in [2.05, 4.69) is 0 Å². The third-order valence-electron chi connectivity index (χ3n) is 3.40. The summed E-state index contributed by atoms with van der Waals surface area (Å²) in [5.41, 5.74) is 0.266. The molecule has 0 amide bonds. The van der Waals surface area contributed by atoms with Crippen LogP contribution in [0.15, 0.2) is 36.3 Å². The third-order valence-corrected chi connectivity index (χ3v) is 3.40. The van der Waals surface area contributed by atoms with Crippen molar-refractivity contribution < 1.29 is 38.5 Å². The lowest BCUT2D eigenvalue weighted by atomic mass is 10.0. The standard InChI is InChI=1S/C22H30O4/c1-16-9-11-20(13-17(16)2)26-15-19(23)8-6-5-7-18-10-12-21(24-3)22(14-18)25-4/h9-14,19,23H,5-8,15H2,1-4H3/i3D3,5D2,8D2,9D,10D,11D,12D,13D,14D,19D. The van der Waals surface area contributed by atoms with Gasteiger partial charge in [-0.1, -0.05) is 18.5 Å². The van der Waals surface area contributed by atoms with Crippen LogP contribution in [-0.2, 0) is 6.42 Å². The van der Waals surface area contributed by atoms with Crippen LogP contribution < -0.4 is 14.2 Å². The number of aliphatic hydroxyl groups is 1. The van der Waals surface area contributed by atoms with Gasteiger partial charge in [0.15, 0.2) is 11.5 Å². The predicted octanol–water partition coefficient (Wildman–Crippen LogP) is 4.47. The zero-order valence-corrected chi connectivity index (χ0v) is 14.8. The number of benzene rings is 2. The minimum absolute atomic E-state index is 0.242. The topological polar surface area (TPSA) is 47.9 Å². The maximum atomic E-state index is 10.6. The average molecular weight is 373 g/mol. The maximum Gasteiger partial charge on any atom is 0.160 e. The van der Waals surface area contributed by atoms with Gasteiger partial charge in [-0.05, 0) is 73.9 Å². The Labute approximate surface area is 176 Å². The van der Waals surface area contributed by atoms with E-state index in [1.54, 1.807) is 0 Å². The fraction of sp³-hybridized carbons (Fsp3) is 0.455. The van der Waals surface area contributed by atoms with E-state index in [-0.39, 0.29) is 12.1 Å². The van der Waals surface area contributed by atoms with Crippen molar-refractivity contribution in [1.29, 1.82) is 0 Å². The van der Waals surface area contributed by atoms with Gasteiger partial charge in [0.25, 0.3) is 0 Å². The van der Waals surface area contributed by atoms with Gasteiger partial charge < -0.3 is 19.3 Å². The Morgan fingerprint density at radius 2 is 2.00 bits per heavy atom. The lowest BCUT2D eigenvalue weighted by Crippen LogP contribution is -2.17. The molecule has 0 aliphatic rings. The first-order valence-electron chi connectivity index (χ1n) is 14.8. The molecule has 0 spiro atoms. The molecular formula is C22H30O4. The van der Waals surface area contributed by atoms with Gasteiger partial charge in [-0.15, -0.1) is 0 Å². The maximum absolute atomic E-state index is 10.6. The van der Waals surface area contributed by atoms with Crippen molar-refractivity contribution in [3.63, 3.8) is 0 Å². The molecule has 0 fully saturated rings. The van der Waals surface area contributed by atoms with Crippen LogP contribution in [0.1, 0.15) is 55.0 Å². The molecule has 0 bridgehead atoms. The zero-order chi connectivity index (χ0) is 31.2. The van der Waals surface area contributed by atoms with E-state index < -0.39 is 92.3 Å². The molecule has 4 heteroatoms. The van der Waals surface area contributed by atoms with Crippen LogP contribution in [0, 0.1) is 13.8 Å². The molecule has 1 N–H and O–H groups in total. The van der Waals surface area contributed by atoms with E-state index in [4.69, 9.17) is 33.4 Å². The molecular weight excluding hydrogens is 328 g/mol. The van der Waals surface area contributed by atoms with Gasteiger partial charge in [-0.25, -0.2) is 0 Å². The first kappa shape index (κ1) is 8.22. The van der Waals surface area contributed by atoms with Crippen molar-refractivity contribution in [3.8, 4) is 17.2 Å². The fourth-order valence-electron chi connectivity index (χ4n) is 1.87. The highest BCUT2D eigenvalue weighted by Crippen LogP contribution is 2.28. The van der Waals surface area contributed by atoms with E-state index in [1.165, 1.54) is 13.8 Å². The molecule has 2 aromatic rings.